The van der Waals surface area contributed by atoms with Gasteiger partial charge in [0.25, 0.3) is 6.71 Å². The van der Waals surface area contributed by atoms with Gasteiger partial charge in [0.1, 0.15) is 5.82 Å². The highest BCUT2D eigenvalue weighted by atomic mass is 15.2. The van der Waals surface area contributed by atoms with E-state index in [0.29, 0.717) is 0 Å². The third-order valence-electron chi connectivity index (χ3n) is 12.7. The maximum absolute atomic E-state index is 5.30. The Kier molecular flexibility index (Phi) is 7.81. The first-order valence-corrected chi connectivity index (χ1v) is 19.8. The van der Waals surface area contributed by atoms with Gasteiger partial charge in [-0.3, -0.25) is 4.90 Å². The highest BCUT2D eigenvalue weighted by Crippen LogP contribution is 2.50. The van der Waals surface area contributed by atoms with Crippen LogP contribution in [0, 0.1) is 0 Å². The molecule has 0 saturated carbocycles. The van der Waals surface area contributed by atoms with Crippen molar-refractivity contribution in [2.45, 2.75) is 130 Å². The van der Waals surface area contributed by atoms with Crippen molar-refractivity contribution in [1.82, 2.24) is 4.98 Å². The van der Waals surface area contributed by atoms with Crippen LogP contribution >= 0.6 is 0 Å². The fraction of sp³-hybridized carbons (Fsp3) is 0.408. The van der Waals surface area contributed by atoms with Crippen molar-refractivity contribution < 1.29 is 0 Å². The smallest absolute Gasteiger partial charge is 0.254 e. The Bertz CT molecular complexity index is 2240. The molecule has 8 rings (SSSR count). The molecule has 272 valence electrons. The summed E-state index contributed by atoms with van der Waals surface area (Å²) >= 11 is 0. The van der Waals surface area contributed by atoms with Crippen LogP contribution in [0.4, 0.5) is 34.3 Å². The first-order chi connectivity index (χ1) is 24.7. The van der Waals surface area contributed by atoms with Gasteiger partial charge in [0.2, 0.25) is 0 Å². The lowest BCUT2D eigenvalue weighted by molar-refractivity contribution is 0.332. The molecule has 0 unspecified atom stereocenters. The fourth-order valence-corrected chi connectivity index (χ4v) is 9.09. The predicted molar refractivity (Wildman–Crippen MR) is 230 cm³/mol. The van der Waals surface area contributed by atoms with E-state index in [1.165, 1.54) is 79.8 Å². The summed E-state index contributed by atoms with van der Waals surface area (Å²) in [5, 5.41) is 0. The van der Waals surface area contributed by atoms with Gasteiger partial charge in [0, 0.05) is 34.6 Å². The van der Waals surface area contributed by atoms with Gasteiger partial charge in [-0.2, -0.15) is 0 Å². The maximum atomic E-state index is 5.30. The molecule has 53 heavy (non-hydrogen) atoms. The van der Waals surface area contributed by atoms with Gasteiger partial charge in [-0.25, -0.2) is 4.98 Å². The van der Waals surface area contributed by atoms with Crippen LogP contribution in [0.3, 0.4) is 0 Å². The molecule has 4 heteroatoms. The molecule has 0 N–H and O–H groups in total. The number of pyridine rings is 1. The van der Waals surface area contributed by atoms with Crippen LogP contribution < -0.4 is 26.2 Å². The molecule has 5 aromatic rings. The zero-order chi connectivity index (χ0) is 38.0. The predicted octanol–water partition coefficient (Wildman–Crippen LogP) is 11.4. The third-order valence-corrected chi connectivity index (χ3v) is 12.7. The van der Waals surface area contributed by atoms with Crippen LogP contribution in [0.1, 0.15) is 131 Å². The Morgan fingerprint density at radius 1 is 0.509 bits per heavy atom. The quantitative estimate of drug-likeness (QED) is 0.168. The van der Waals surface area contributed by atoms with Gasteiger partial charge in [0.05, 0.1) is 0 Å². The van der Waals surface area contributed by atoms with E-state index in [1.54, 1.807) is 0 Å². The van der Waals surface area contributed by atoms with Gasteiger partial charge in [-0.15, -0.1) is 0 Å². The molecule has 4 aromatic carbocycles. The van der Waals surface area contributed by atoms with Gasteiger partial charge in [-0.05, 0) is 127 Å². The third kappa shape index (κ3) is 5.74. The number of aromatic nitrogens is 1. The van der Waals surface area contributed by atoms with Crippen LogP contribution in [0.15, 0.2) is 91.1 Å². The maximum Gasteiger partial charge on any atom is 0.254 e. The SMILES string of the molecule is CC(C)(C)c1ccc(N2c3cc4c(cc3B3c5cc(C(C)(C)C)ccc5N(c5ccc(C(C)(C)C)cc5)c5nccc2c53)C(C)(C)CCC4(C)C)cc1. The van der Waals surface area contributed by atoms with E-state index in [2.05, 4.69) is 185 Å². The summed E-state index contributed by atoms with van der Waals surface area (Å²) in [4.78, 5) is 10.3. The lowest BCUT2D eigenvalue weighted by atomic mass is 9.33. The average Bonchev–Trinajstić information content (AvgIpc) is 3.08. The zero-order valence-corrected chi connectivity index (χ0v) is 34.5. The number of benzene rings is 4. The molecule has 0 saturated heterocycles. The molecule has 3 nitrogen and oxygen atoms in total. The minimum atomic E-state index is 0.00641. The second kappa shape index (κ2) is 11.6. The van der Waals surface area contributed by atoms with E-state index in [4.69, 9.17) is 4.98 Å². The summed E-state index contributed by atoms with van der Waals surface area (Å²) in [5.41, 5.74) is 17.4. The van der Waals surface area contributed by atoms with Gasteiger partial charge in [0.15, 0.2) is 0 Å². The lowest BCUT2D eigenvalue weighted by Crippen LogP contribution is -2.62. The molecule has 2 aliphatic heterocycles. The van der Waals surface area contributed by atoms with E-state index < -0.39 is 0 Å². The Hall–Kier alpha value is -4.31. The molecule has 0 radical (unpaired) electrons. The largest absolute Gasteiger partial charge is 0.311 e. The summed E-state index contributed by atoms with van der Waals surface area (Å²) in [5.74, 6) is 1.02. The van der Waals surface area contributed by atoms with Gasteiger partial charge in [-0.1, -0.05) is 132 Å². The molecule has 0 fully saturated rings. The molecule has 0 spiro atoms. The van der Waals surface area contributed by atoms with Gasteiger partial charge < -0.3 is 4.90 Å². The van der Waals surface area contributed by atoms with Crippen molar-refractivity contribution in [1.29, 1.82) is 0 Å². The number of rotatable bonds is 2. The first-order valence-electron chi connectivity index (χ1n) is 19.8. The monoisotopic (exact) mass is 699 g/mol. The van der Waals surface area contributed by atoms with E-state index >= 15 is 0 Å². The van der Waals surface area contributed by atoms with Gasteiger partial charge >= 0.3 is 0 Å². The van der Waals surface area contributed by atoms with E-state index in [-0.39, 0.29) is 33.8 Å². The summed E-state index contributed by atoms with van der Waals surface area (Å²) in [6.07, 6.45) is 4.39. The van der Waals surface area contributed by atoms with Crippen molar-refractivity contribution in [3.63, 3.8) is 0 Å². The highest BCUT2D eigenvalue weighted by molar-refractivity contribution is 7.00. The topological polar surface area (TPSA) is 19.4 Å². The molecular formula is C49H58BN3. The number of nitrogens with zero attached hydrogens (tertiary/aromatic N) is 3. The fourth-order valence-electron chi connectivity index (χ4n) is 9.09. The average molecular weight is 700 g/mol. The summed E-state index contributed by atoms with van der Waals surface area (Å²) in [6, 6.07) is 33.2. The van der Waals surface area contributed by atoms with Crippen molar-refractivity contribution in [3.05, 3.63) is 119 Å². The van der Waals surface area contributed by atoms with Crippen LogP contribution in [0.25, 0.3) is 0 Å². The molecule has 0 amide bonds. The minimum absolute atomic E-state index is 0.00641. The summed E-state index contributed by atoms with van der Waals surface area (Å²) in [7, 11) is 0. The Morgan fingerprint density at radius 3 is 1.51 bits per heavy atom. The van der Waals surface area contributed by atoms with Crippen LogP contribution in [0.2, 0.25) is 0 Å². The standard InChI is InChI=1S/C49H58BN3/c1-45(2,3)31-14-19-34(20-15-31)52-41-24-27-51-44-43(41)50(39-29-36-37(30-42(39)52)49(12,13)26-25-48(36,10)11)38-28-33(47(7,8)9)18-23-40(38)53(44)35-21-16-32(17-22-35)46(4,5)6/h14-24,27-30H,25-26H2,1-13H3. The lowest BCUT2D eigenvalue weighted by Gasteiger charge is -2.47. The van der Waals surface area contributed by atoms with Crippen molar-refractivity contribution >= 4 is 57.4 Å². The summed E-state index contributed by atoms with van der Waals surface area (Å²) in [6.45, 7) is 30.6. The Balaban J connectivity index is 1.46. The first kappa shape index (κ1) is 35.7. The number of hydrogen-bond acceptors (Lipinski definition) is 3. The molecule has 1 aliphatic carbocycles. The van der Waals surface area contributed by atoms with E-state index in [9.17, 15) is 0 Å². The molecule has 3 heterocycles. The summed E-state index contributed by atoms with van der Waals surface area (Å²) < 4.78 is 0. The van der Waals surface area contributed by atoms with Crippen molar-refractivity contribution in [3.8, 4) is 0 Å². The highest BCUT2D eigenvalue weighted by Gasteiger charge is 2.47. The number of anilines is 6. The normalized spacial score (nSPS) is 17.2. The molecular weight excluding hydrogens is 641 g/mol. The minimum Gasteiger partial charge on any atom is -0.311 e. The second-order valence-electron chi connectivity index (χ2n) is 20.5. The zero-order valence-electron chi connectivity index (χ0n) is 34.5. The van der Waals surface area contributed by atoms with Crippen LogP contribution in [-0.2, 0) is 27.1 Å². The van der Waals surface area contributed by atoms with E-state index in [1.807, 2.05) is 6.20 Å². The molecule has 0 atom stereocenters. The second-order valence-corrected chi connectivity index (χ2v) is 20.5. The molecule has 1 aromatic heterocycles. The number of hydrogen-bond donors (Lipinski definition) is 0. The Morgan fingerprint density at radius 2 is 0.981 bits per heavy atom. The molecule has 0 bridgehead atoms. The van der Waals surface area contributed by atoms with Crippen molar-refractivity contribution in [2.24, 2.45) is 0 Å². The van der Waals surface area contributed by atoms with Crippen molar-refractivity contribution in [2.75, 3.05) is 9.80 Å². The molecule has 3 aliphatic rings. The number of fused-ring (bicyclic) bond motifs is 5. The Labute approximate surface area is 320 Å². The van der Waals surface area contributed by atoms with Crippen LogP contribution in [-0.4, -0.2) is 11.7 Å². The van der Waals surface area contributed by atoms with Crippen LogP contribution in [0.5, 0.6) is 0 Å². The van der Waals surface area contributed by atoms with E-state index in [0.717, 1.165) is 11.5 Å².